The van der Waals surface area contributed by atoms with Crippen LogP contribution in [0.2, 0.25) is 0 Å². The van der Waals surface area contributed by atoms with Gasteiger partial charge in [0.15, 0.2) is 0 Å². The molecule has 0 unspecified atom stereocenters. The largest absolute Gasteiger partial charge is 0.379 e. The van der Waals surface area contributed by atoms with Crippen molar-refractivity contribution in [1.82, 2.24) is 18.0 Å². The number of amides is 2. The van der Waals surface area contributed by atoms with Crippen LogP contribution < -0.4 is 5.32 Å². The molecule has 14 heteroatoms. The summed E-state index contributed by atoms with van der Waals surface area (Å²) in [6.07, 6.45) is 0. The Bertz CT molecular complexity index is 971. The molecule has 1 aromatic carbocycles. The van der Waals surface area contributed by atoms with Crippen molar-refractivity contribution in [3.05, 3.63) is 24.3 Å². The van der Waals surface area contributed by atoms with Crippen LogP contribution in [-0.2, 0) is 29.8 Å². The van der Waals surface area contributed by atoms with Crippen molar-refractivity contribution in [3.63, 3.8) is 0 Å². The zero-order valence-electron chi connectivity index (χ0n) is 17.4. The van der Waals surface area contributed by atoms with Gasteiger partial charge in [0.1, 0.15) is 0 Å². The predicted octanol–water partition coefficient (Wildman–Crippen LogP) is -0.405. The number of anilines is 1. The Labute approximate surface area is 182 Å². The third kappa shape index (κ3) is 5.34. The monoisotopic (exact) mass is 477 g/mol. The van der Waals surface area contributed by atoms with Gasteiger partial charge < -0.3 is 15.0 Å². The van der Waals surface area contributed by atoms with Gasteiger partial charge in [0.05, 0.1) is 25.2 Å². The van der Waals surface area contributed by atoms with E-state index in [1.807, 2.05) is 0 Å². The second kappa shape index (κ2) is 9.77. The number of nitrogens with zero attached hydrogens (tertiary/aromatic N) is 4. The van der Waals surface area contributed by atoms with E-state index in [1.54, 1.807) is 0 Å². The molecule has 31 heavy (non-hydrogen) atoms. The van der Waals surface area contributed by atoms with Crippen LogP contribution in [0.5, 0.6) is 0 Å². The summed E-state index contributed by atoms with van der Waals surface area (Å²) in [5.41, 5.74) is 0.424. The van der Waals surface area contributed by atoms with E-state index >= 15 is 0 Å². The lowest BCUT2D eigenvalue weighted by Crippen LogP contribution is -2.56. The molecule has 1 N–H and O–H groups in total. The van der Waals surface area contributed by atoms with E-state index in [1.165, 1.54) is 51.9 Å². The summed E-state index contributed by atoms with van der Waals surface area (Å²) in [4.78, 5) is 18.8. The average molecular weight is 478 g/mol. The molecule has 0 spiro atoms. The number of rotatable bonds is 6. The number of hydrogen-bond acceptors (Lipinski definition) is 7. The van der Waals surface area contributed by atoms with Gasteiger partial charge in [-0.05, 0) is 24.3 Å². The van der Waals surface area contributed by atoms with E-state index in [2.05, 4.69) is 5.32 Å². The Morgan fingerprint density at radius 3 is 2.06 bits per heavy atom. The fraction of sp³-hybridized carbons (Fsp3) is 0.588. The van der Waals surface area contributed by atoms with Crippen molar-refractivity contribution >= 4 is 32.0 Å². The number of urea groups is 1. The summed E-state index contributed by atoms with van der Waals surface area (Å²) in [7, 11) is -4.80. The Morgan fingerprint density at radius 2 is 1.52 bits per heavy atom. The van der Waals surface area contributed by atoms with Crippen molar-refractivity contribution in [2.24, 2.45) is 0 Å². The maximum absolute atomic E-state index is 12.7. The van der Waals surface area contributed by atoms with Gasteiger partial charge in [0.2, 0.25) is 0 Å². The first-order valence-corrected chi connectivity index (χ1v) is 12.5. The Morgan fingerprint density at radius 1 is 0.968 bits per heavy atom. The van der Waals surface area contributed by atoms with Crippen LogP contribution in [0.1, 0.15) is 0 Å². The van der Waals surface area contributed by atoms with E-state index in [0.717, 1.165) is 4.47 Å². The van der Waals surface area contributed by atoms with E-state index in [9.17, 15) is 21.6 Å². The summed E-state index contributed by atoms with van der Waals surface area (Å²) in [5.74, 6) is 0. The number of nitrogens with one attached hydrogen (secondary N) is 1. The topological polar surface area (TPSA) is 129 Å². The molecule has 0 aromatic heterocycles. The van der Waals surface area contributed by atoms with E-state index < -0.39 is 20.2 Å². The predicted molar refractivity (Wildman–Crippen MR) is 112 cm³/mol. The Kier molecular flexibility index (Phi) is 7.51. The lowest BCUT2D eigenvalue weighted by molar-refractivity contribution is -0.0258. The van der Waals surface area contributed by atoms with Gasteiger partial charge in [0, 0.05) is 52.0 Å². The quantitative estimate of drug-likeness (QED) is 0.552. The Hall–Kier alpha value is -1.81. The number of sulfonamides is 1. The number of carbonyl (C=O) groups is 1. The summed E-state index contributed by atoms with van der Waals surface area (Å²) in [6.45, 7) is 2.32. The first kappa shape index (κ1) is 23.8. The lowest BCUT2D eigenvalue weighted by Gasteiger charge is -2.37. The van der Waals surface area contributed by atoms with Crippen molar-refractivity contribution in [2.75, 3.05) is 72.0 Å². The lowest BCUT2D eigenvalue weighted by atomic mass is 10.3. The molecule has 2 aliphatic rings. The zero-order valence-corrected chi connectivity index (χ0v) is 19.1. The molecular formula is C17H27N5O7S2. The number of hydroxylamine groups is 1. The molecule has 0 bridgehead atoms. The fourth-order valence-electron chi connectivity index (χ4n) is 3.22. The molecule has 0 atom stereocenters. The maximum Gasteiger partial charge on any atom is 0.321 e. The summed E-state index contributed by atoms with van der Waals surface area (Å²) in [5, 5.41) is 2.70. The number of morpholine rings is 1. The highest BCUT2D eigenvalue weighted by molar-refractivity contribution is 7.89. The van der Waals surface area contributed by atoms with Crippen LogP contribution in [0.3, 0.4) is 0 Å². The highest BCUT2D eigenvalue weighted by atomic mass is 32.2. The van der Waals surface area contributed by atoms with Crippen LogP contribution in [0.15, 0.2) is 29.2 Å². The molecule has 3 rings (SSSR count). The zero-order chi connectivity index (χ0) is 22.6. The molecule has 0 aliphatic carbocycles. The van der Waals surface area contributed by atoms with Gasteiger partial charge in [-0.15, -0.1) is 0 Å². The smallest absolute Gasteiger partial charge is 0.321 e. The van der Waals surface area contributed by atoms with E-state index in [4.69, 9.17) is 9.57 Å². The second-order valence-corrected chi connectivity index (χ2v) is 10.8. The minimum Gasteiger partial charge on any atom is -0.379 e. The van der Waals surface area contributed by atoms with Crippen LogP contribution in [-0.4, -0.2) is 107 Å². The molecule has 2 saturated heterocycles. The van der Waals surface area contributed by atoms with Crippen LogP contribution >= 0.6 is 0 Å². The number of carbonyl (C=O) groups excluding carboxylic acids is 1. The third-order valence-electron chi connectivity index (χ3n) is 5.15. The van der Waals surface area contributed by atoms with Crippen molar-refractivity contribution in [1.29, 1.82) is 0 Å². The van der Waals surface area contributed by atoms with Crippen molar-refractivity contribution in [3.8, 4) is 0 Å². The number of benzene rings is 1. The highest BCUT2D eigenvalue weighted by Gasteiger charge is 2.34. The first-order valence-electron chi connectivity index (χ1n) is 9.68. The summed E-state index contributed by atoms with van der Waals surface area (Å²) < 4.78 is 58.6. The molecule has 2 heterocycles. The number of hydrogen-bond donors (Lipinski definition) is 1. The molecule has 174 valence electrons. The SMILES string of the molecule is CON(C)S(=O)(=O)c1ccc(NC(=O)N2CCN(S(=O)(=O)N3CCOCC3)CC2)cc1. The van der Waals surface area contributed by atoms with Gasteiger partial charge in [-0.1, -0.05) is 4.47 Å². The molecule has 2 amide bonds. The second-order valence-electron chi connectivity index (χ2n) is 6.96. The van der Waals surface area contributed by atoms with Gasteiger partial charge in [-0.2, -0.15) is 17.0 Å². The van der Waals surface area contributed by atoms with Crippen LogP contribution in [0, 0.1) is 0 Å². The normalized spacial score (nSPS) is 19.5. The van der Waals surface area contributed by atoms with Crippen LogP contribution in [0.25, 0.3) is 0 Å². The number of ether oxygens (including phenoxy) is 1. The molecule has 12 nitrogen and oxygen atoms in total. The van der Waals surface area contributed by atoms with Gasteiger partial charge in [-0.3, -0.25) is 4.84 Å². The summed E-state index contributed by atoms with van der Waals surface area (Å²) in [6, 6.07) is 5.31. The molecule has 2 aliphatic heterocycles. The van der Waals surface area contributed by atoms with Gasteiger partial charge in [0.25, 0.3) is 20.2 Å². The van der Waals surface area contributed by atoms with Gasteiger partial charge >= 0.3 is 6.03 Å². The maximum atomic E-state index is 12.7. The molecule has 2 fully saturated rings. The molecule has 0 saturated carbocycles. The average Bonchev–Trinajstić information content (AvgIpc) is 2.79. The third-order valence-corrected chi connectivity index (χ3v) is 8.88. The highest BCUT2D eigenvalue weighted by Crippen LogP contribution is 2.19. The molecular weight excluding hydrogens is 450 g/mol. The van der Waals surface area contributed by atoms with E-state index in [-0.39, 0.29) is 37.1 Å². The minimum absolute atomic E-state index is 0.0248. The fourth-order valence-corrected chi connectivity index (χ4v) is 5.76. The first-order chi connectivity index (χ1) is 14.7. The van der Waals surface area contributed by atoms with Gasteiger partial charge in [-0.25, -0.2) is 13.2 Å². The van der Waals surface area contributed by atoms with E-state index in [0.29, 0.717) is 32.0 Å². The molecule has 0 radical (unpaired) electrons. The standard InChI is InChI=1S/C17H27N5O7S2/c1-19(28-2)30(24,25)16-5-3-15(4-6-16)18-17(23)20-7-9-21(10-8-20)31(26,27)22-11-13-29-14-12-22/h3-6H,7-14H2,1-2H3,(H,18,23). The van der Waals surface area contributed by atoms with Crippen LogP contribution in [0.4, 0.5) is 10.5 Å². The minimum atomic E-state index is -3.77. The Balaban J connectivity index is 1.55. The van der Waals surface area contributed by atoms with Crippen molar-refractivity contribution in [2.45, 2.75) is 4.90 Å². The summed E-state index contributed by atoms with van der Waals surface area (Å²) >= 11 is 0. The number of piperazine rings is 1. The molecule has 1 aromatic rings. The van der Waals surface area contributed by atoms with Crippen molar-refractivity contribution < 1.29 is 31.2 Å².